The fraction of sp³-hybridized carbons (Fsp3) is 0.583. The topological polar surface area (TPSA) is 61.9 Å². The van der Waals surface area contributed by atoms with E-state index in [2.05, 4.69) is 26.4 Å². The summed E-state index contributed by atoms with van der Waals surface area (Å²) in [6.45, 7) is 0. The van der Waals surface area contributed by atoms with E-state index in [-0.39, 0.29) is 0 Å². The molecule has 2 aliphatic rings. The Morgan fingerprint density at radius 2 is 2.16 bits per heavy atom. The second kappa shape index (κ2) is 5.46. The molecular formula is C12H16ClN5S. The van der Waals surface area contributed by atoms with Crippen molar-refractivity contribution in [1.29, 1.82) is 0 Å². The average Bonchev–Trinajstić information content (AvgIpc) is 3.00. The van der Waals surface area contributed by atoms with Crippen LogP contribution >= 0.6 is 23.8 Å². The zero-order valence-electron chi connectivity index (χ0n) is 10.4. The van der Waals surface area contributed by atoms with Crippen molar-refractivity contribution in [3.63, 3.8) is 0 Å². The van der Waals surface area contributed by atoms with Crippen LogP contribution in [0.5, 0.6) is 0 Å². The predicted molar refractivity (Wildman–Crippen MR) is 78.8 cm³/mol. The second-order valence-corrected chi connectivity index (χ2v) is 6.04. The van der Waals surface area contributed by atoms with Crippen molar-refractivity contribution in [2.24, 2.45) is 11.8 Å². The molecular weight excluding hydrogens is 282 g/mol. The van der Waals surface area contributed by atoms with E-state index in [0.717, 1.165) is 11.8 Å². The highest BCUT2D eigenvalue weighted by molar-refractivity contribution is 7.80. The number of hydrogen-bond donors (Lipinski definition) is 3. The van der Waals surface area contributed by atoms with Gasteiger partial charge in [-0.05, 0) is 55.4 Å². The first-order valence-corrected chi connectivity index (χ1v) is 7.31. The summed E-state index contributed by atoms with van der Waals surface area (Å²) in [5.41, 5.74) is 5.83. The van der Waals surface area contributed by atoms with E-state index in [1.54, 1.807) is 12.1 Å². The van der Waals surface area contributed by atoms with E-state index in [1.165, 1.54) is 25.7 Å². The number of fused-ring (bicyclic) bond motifs is 2. The SMILES string of the molecule is S=C(NNc1ccc(Cl)nn1)N[C@H]1C[C@H]2CC[C@@H]1C2. The molecule has 1 heterocycles. The van der Waals surface area contributed by atoms with Crippen molar-refractivity contribution in [2.75, 3.05) is 5.43 Å². The number of anilines is 1. The van der Waals surface area contributed by atoms with E-state index in [4.69, 9.17) is 23.8 Å². The smallest absolute Gasteiger partial charge is 0.185 e. The molecule has 0 saturated heterocycles. The lowest BCUT2D eigenvalue weighted by atomic mass is 9.96. The second-order valence-electron chi connectivity index (χ2n) is 5.25. The number of hydrazine groups is 1. The predicted octanol–water partition coefficient (Wildman–Crippen LogP) is 2.11. The number of nitrogens with one attached hydrogen (secondary N) is 3. The number of rotatable bonds is 3. The number of aromatic nitrogens is 2. The molecule has 1 aromatic heterocycles. The van der Waals surface area contributed by atoms with Gasteiger partial charge in [0.25, 0.3) is 0 Å². The standard InChI is InChI=1S/C12H16ClN5S/c13-10-3-4-11(16-15-10)17-18-12(19)14-9-6-7-1-2-8(9)5-7/h3-4,7-9H,1-2,5-6H2,(H,16,17)(H2,14,18,19)/t7-,8+,9-/m0/s1. The molecule has 0 spiro atoms. The van der Waals surface area contributed by atoms with Crippen LogP contribution in [0.2, 0.25) is 5.15 Å². The molecule has 0 unspecified atom stereocenters. The zero-order chi connectivity index (χ0) is 13.2. The maximum Gasteiger partial charge on any atom is 0.185 e. The lowest BCUT2D eigenvalue weighted by Gasteiger charge is -2.24. The van der Waals surface area contributed by atoms with Crippen LogP contribution in [0.25, 0.3) is 0 Å². The summed E-state index contributed by atoms with van der Waals surface area (Å²) in [7, 11) is 0. The van der Waals surface area contributed by atoms with Gasteiger partial charge < -0.3 is 5.32 Å². The minimum absolute atomic E-state index is 0.369. The van der Waals surface area contributed by atoms with Crippen molar-refractivity contribution in [2.45, 2.75) is 31.7 Å². The Hall–Kier alpha value is -1.14. The fourth-order valence-corrected chi connectivity index (χ4v) is 3.43. The van der Waals surface area contributed by atoms with Crippen molar-refractivity contribution >= 4 is 34.7 Å². The molecule has 0 radical (unpaired) electrons. The van der Waals surface area contributed by atoms with Crippen LogP contribution in [0.3, 0.4) is 0 Å². The minimum Gasteiger partial charge on any atom is -0.358 e. The monoisotopic (exact) mass is 297 g/mol. The van der Waals surface area contributed by atoms with E-state index >= 15 is 0 Å². The summed E-state index contributed by atoms with van der Waals surface area (Å²) < 4.78 is 0. The molecule has 5 nitrogen and oxygen atoms in total. The average molecular weight is 298 g/mol. The van der Waals surface area contributed by atoms with E-state index in [9.17, 15) is 0 Å². The minimum atomic E-state index is 0.369. The summed E-state index contributed by atoms with van der Waals surface area (Å²) in [6.07, 6.45) is 5.33. The van der Waals surface area contributed by atoms with Gasteiger partial charge in [-0.3, -0.25) is 10.9 Å². The quantitative estimate of drug-likeness (QED) is 0.587. The highest BCUT2D eigenvalue weighted by Crippen LogP contribution is 2.44. The van der Waals surface area contributed by atoms with E-state index < -0.39 is 0 Å². The van der Waals surface area contributed by atoms with Crippen LogP contribution in [-0.2, 0) is 0 Å². The normalized spacial score (nSPS) is 28.2. The Balaban J connectivity index is 1.45. The maximum absolute atomic E-state index is 5.66. The number of halogens is 1. The molecule has 102 valence electrons. The molecule has 2 bridgehead atoms. The largest absolute Gasteiger partial charge is 0.358 e. The molecule has 2 aliphatic carbocycles. The molecule has 2 saturated carbocycles. The summed E-state index contributed by atoms with van der Waals surface area (Å²) in [6, 6.07) is 3.94. The molecule has 3 N–H and O–H groups in total. The van der Waals surface area contributed by atoms with Gasteiger partial charge in [0.05, 0.1) is 0 Å². The molecule has 1 aromatic rings. The molecule has 0 amide bonds. The molecule has 2 fully saturated rings. The first-order chi connectivity index (χ1) is 9.20. The van der Waals surface area contributed by atoms with Crippen LogP contribution in [0, 0.1) is 11.8 Å². The van der Waals surface area contributed by atoms with Gasteiger partial charge in [0.15, 0.2) is 16.1 Å². The maximum atomic E-state index is 5.66. The molecule has 3 rings (SSSR count). The van der Waals surface area contributed by atoms with Gasteiger partial charge in [-0.1, -0.05) is 18.0 Å². The lowest BCUT2D eigenvalue weighted by Crippen LogP contribution is -2.46. The van der Waals surface area contributed by atoms with Gasteiger partial charge in [0.1, 0.15) is 0 Å². The van der Waals surface area contributed by atoms with Crippen LogP contribution in [-0.4, -0.2) is 21.4 Å². The van der Waals surface area contributed by atoms with Crippen molar-refractivity contribution in [1.82, 2.24) is 20.9 Å². The molecule has 0 aliphatic heterocycles. The number of thiocarbonyl (C=S) groups is 1. The van der Waals surface area contributed by atoms with Crippen molar-refractivity contribution < 1.29 is 0 Å². The van der Waals surface area contributed by atoms with Crippen LogP contribution in [0.15, 0.2) is 12.1 Å². The summed E-state index contributed by atoms with van der Waals surface area (Å²) in [5.74, 6) is 2.28. The summed E-state index contributed by atoms with van der Waals surface area (Å²) >= 11 is 10.9. The van der Waals surface area contributed by atoms with Crippen LogP contribution in [0.1, 0.15) is 25.7 Å². The van der Waals surface area contributed by atoms with Crippen molar-refractivity contribution in [3.05, 3.63) is 17.3 Å². The van der Waals surface area contributed by atoms with Gasteiger partial charge in [0.2, 0.25) is 0 Å². The van der Waals surface area contributed by atoms with Gasteiger partial charge in [-0.2, -0.15) is 0 Å². The Bertz CT molecular complexity index is 466. The van der Waals surface area contributed by atoms with Gasteiger partial charge >= 0.3 is 0 Å². The first kappa shape index (κ1) is 12.9. The third kappa shape index (κ3) is 3.06. The summed E-state index contributed by atoms with van der Waals surface area (Å²) in [5, 5.41) is 12.0. The molecule has 7 heteroatoms. The fourth-order valence-electron chi connectivity index (χ4n) is 3.13. The molecule has 19 heavy (non-hydrogen) atoms. The Labute approximate surface area is 122 Å². The Morgan fingerprint density at radius 1 is 1.26 bits per heavy atom. The lowest BCUT2D eigenvalue weighted by molar-refractivity contribution is 0.390. The van der Waals surface area contributed by atoms with Crippen LogP contribution < -0.4 is 16.2 Å². The van der Waals surface area contributed by atoms with E-state index in [0.29, 0.717) is 22.1 Å². The summed E-state index contributed by atoms with van der Waals surface area (Å²) in [4.78, 5) is 0. The van der Waals surface area contributed by atoms with Gasteiger partial charge in [-0.25, -0.2) is 0 Å². The van der Waals surface area contributed by atoms with Gasteiger partial charge in [-0.15, -0.1) is 10.2 Å². The van der Waals surface area contributed by atoms with E-state index in [1.807, 2.05) is 0 Å². The number of nitrogens with zero attached hydrogens (tertiary/aromatic N) is 2. The third-order valence-corrected chi connectivity index (χ3v) is 4.41. The molecule has 0 aromatic carbocycles. The van der Waals surface area contributed by atoms with Gasteiger partial charge in [0, 0.05) is 6.04 Å². The number of hydrogen-bond acceptors (Lipinski definition) is 4. The third-order valence-electron chi connectivity index (χ3n) is 3.99. The van der Waals surface area contributed by atoms with Crippen molar-refractivity contribution in [3.8, 4) is 0 Å². The highest BCUT2D eigenvalue weighted by Gasteiger charge is 2.39. The van der Waals surface area contributed by atoms with Crippen LogP contribution in [0.4, 0.5) is 5.82 Å². The molecule has 3 atom stereocenters. The Kier molecular flexibility index (Phi) is 3.70. The highest BCUT2D eigenvalue weighted by atomic mass is 35.5. The Morgan fingerprint density at radius 3 is 2.79 bits per heavy atom. The first-order valence-electron chi connectivity index (χ1n) is 6.52. The zero-order valence-corrected chi connectivity index (χ0v) is 12.0.